The summed E-state index contributed by atoms with van der Waals surface area (Å²) in [6.45, 7) is 4.47. The number of aromatic nitrogens is 1. The molecule has 1 aliphatic rings. The highest BCUT2D eigenvalue weighted by Crippen LogP contribution is 2.41. The third-order valence-electron chi connectivity index (χ3n) is 6.90. The van der Waals surface area contributed by atoms with Gasteiger partial charge in [-0.2, -0.15) is 0 Å². The molecule has 1 amide bonds. The maximum absolute atomic E-state index is 12.9. The van der Waals surface area contributed by atoms with Gasteiger partial charge in [0.2, 0.25) is 5.91 Å². The van der Waals surface area contributed by atoms with E-state index in [1.165, 1.54) is 0 Å². The molecule has 0 spiro atoms. The molecule has 0 radical (unpaired) electrons. The molecule has 2 aromatic carbocycles. The predicted octanol–water partition coefficient (Wildman–Crippen LogP) is 6.87. The summed E-state index contributed by atoms with van der Waals surface area (Å²) < 4.78 is 6.42. The fourth-order valence-electron chi connectivity index (χ4n) is 4.87. The number of anilines is 1. The van der Waals surface area contributed by atoms with Crippen LogP contribution in [0.4, 0.5) is 5.69 Å². The van der Waals surface area contributed by atoms with Crippen molar-refractivity contribution in [3.63, 3.8) is 0 Å². The van der Waals surface area contributed by atoms with Crippen molar-refractivity contribution in [2.45, 2.75) is 38.8 Å². The second-order valence-corrected chi connectivity index (χ2v) is 10.0. The van der Waals surface area contributed by atoms with Gasteiger partial charge in [0.25, 0.3) is 0 Å². The van der Waals surface area contributed by atoms with Crippen LogP contribution in [0, 0.1) is 6.92 Å². The Labute approximate surface area is 233 Å². The summed E-state index contributed by atoms with van der Waals surface area (Å²) >= 11 is 12.1. The van der Waals surface area contributed by atoms with Crippen molar-refractivity contribution < 1.29 is 9.21 Å². The van der Waals surface area contributed by atoms with Crippen molar-refractivity contribution in [2.75, 3.05) is 11.9 Å². The van der Waals surface area contributed by atoms with Crippen molar-refractivity contribution in [1.82, 2.24) is 15.2 Å². The number of halogens is 1. The summed E-state index contributed by atoms with van der Waals surface area (Å²) in [5.41, 5.74) is 4.69. The zero-order valence-electron chi connectivity index (χ0n) is 21.3. The molecule has 2 atom stereocenters. The molecule has 0 bridgehead atoms. The first-order valence-electron chi connectivity index (χ1n) is 12.7. The normalized spacial score (nSPS) is 16.9. The summed E-state index contributed by atoms with van der Waals surface area (Å²) in [5, 5.41) is 7.72. The van der Waals surface area contributed by atoms with Gasteiger partial charge in [0, 0.05) is 35.4 Å². The monoisotopic (exact) mass is 544 g/mol. The predicted molar refractivity (Wildman–Crippen MR) is 155 cm³/mol. The molecule has 5 rings (SSSR count). The lowest BCUT2D eigenvalue weighted by Crippen LogP contribution is -2.32. The van der Waals surface area contributed by atoms with Gasteiger partial charge in [-0.1, -0.05) is 54.9 Å². The third kappa shape index (κ3) is 5.30. The highest BCUT2D eigenvalue weighted by Gasteiger charge is 2.41. The minimum atomic E-state index is -0.277. The Balaban J connectivity index is 1.41. The van der Waals surface area contributed by atoms with E-state index in [1.54, 1.807) is 6.20 Å². The zero-order chi connectivity index (χ0) is 26.6. The molecule has 0 aliphatic carbocycles. The summed E-state index contributed by atoms with van der Waals surface area (Å²) in [5.74, 6) is 1.40. The first kappa shape index (κ1) is 25.9. The number of thiocarbonyl (C=S) groups is 1. The van der Waals surface area contributed by atoms with Crippen LogP contribution in [0.2, 0.25) is 5.02 Å². The van der Waals surface area contributed by atoms with Crippen LogP contribution in [0.3, 0.4) is 0 Å². The van der Waals surface area contributed by atoms with Gasteiger partial charge in [-0.15, -0.1) is 0 Å². The van der Waals surface area contributed by atoms with E-state index >= 15 is 0 Å². The molecule has 6 nitrogen and oxygen atoms in total. The van der Waals surface area contributed by atoms with Crippen molar-refractivity contribution in [3.8, 4) is 11.3 Å². The second kappa shape index (κ2) is 11.4. The van der Waals surface area contributed by atoms with Crippen LogP contribution in [-0.4, -0.2) is 27.4 Å². The van der Waals surface area contributed by atoms with Gasteiger partial charge in [-0.3, -0.25) is 9.78 Å². The fraction of sp³-hybridized carbons (Fsp3) is 0.233. The van der Waals surface area contributed by atoms with Gasteiger partial charge < -0.3 is 20.0 Å². The highest BCUT2D eigenvalue weighted by molar-refractivity contribution is 7.80. The molecular formula is C30H29ClN4O2S. The average molecular weight is 545 g/mol. The molecule has 2 N–H and O–H groups in total. The zero-order valence-corrected chi connectivity index (χ0v) is 22.9. The first-order valence-corrected chi connectivity index (χ1v) is 13.5. The van der Waals surface area contributed by atoms with E-state index in [0.29, 0.717) is 16.7 Å². The van der Waals surface area contributed by atoms with E-state index < -0.39 is 0 Å². The average Bonchev–Trinajstić information content (AvgIpc) is 3.54. The van der Waals surface area contributed by atoms with Crippen LogP contribution in [0.1, 0.15) is 48.0 Å². The van der Waals surface area contributed by atoms with E-state index in [4.69, 9.17) is 28.2 Å². The molecule has 1 fully saturated rings. The van der Waals surface area contributed by atoms with E-state index in [-0.39, 0.29) is 24.4 Å². The lowest BCUT2D eigenvalue weighted by Gasteiger charge is -2.26. The number of benzene rings is 2. The molecular weight excluding hydrogens is 516 g/mol. The van der Waals surface area contributed by atoms with E-state index in [1.807, 2.05) is 84.6 Å². The Bertz CT molecular complexity index is 1460. The van der Waals surface area contributed by atoms with Crippen molar-refractivity contribution in [2.24, 2.45) is 0 Å². The van der Waals surface area contributed by atoms with E-state index in [0.717, 1.165) is 46.0 Å². The molecule has 0 saturated carbocycles. The molecule has 1 aliphatic heterocycles. The Morgan fingerprint density at radius 3 is 2.71 bits per heavy atom. The molecule has 2 aromatic heterocycles. The van der Waals surface area contributed by atoms with Crippen molar-refractivity contribution in [1.29, 1.82) is 0 Å². The van der Waals surface area contributed by atoms with Gasteiger partial charge in [0.1, 0.15) is 17.6 Å². The maximum atomic E-state index is 12.9. The number of pyridine rings is 1. The number of furan rings is 1. The third-order valence-corrected chi connectivity index (χ3v) is 7.66. The van der Waals surface area contributed by atoms with Crippen molar-refractivity contribution >= 4 is 40.5 Å². The Morgan fingerprint density at radius 2 is 1.92 bits per heavy atom. The number of para-hydroxylation sites is 1. The number of hydrogen-bond donors (Lipinski definition) is 2. The largest absolute Gasteiger partial charge is 0.459 e. The summed E-state index contributed by atoms with van der Waals surface area (Å²) in [6.07, 6.45) is 2.88. The highest BCUT2D eigenvalue weighted by atomic mass is 35.5. The van der Waals surface area contributed by atoms with Crippen LogP contribution < -0.4 is 10.6 Å². The van der Waals surface area contributed by atoms with Crippen LogP contribution in [0.5, 0.6) is 0 Å². The summed E-state index contributed by atoms with van der Waals surface area (Å²) in [4.78, 5) is 19.5. The standard InChI is InChI=1S/C30H29ClN4O2S/c1-3-20-9-4-5-12-23(20)33-27(36)16-18-35-29(28(34-30(35)38)24-13-6-7-17-32-24)26-15-14-25(37-26)21-10-8-11-22(31)19(21)2/h4-15,17,28-29H,3,16,18H2,1-2H3,(H,33,36)(H,34,38). The van der Waals surface area contributed by atoms with Gasteiger partial charge >= 0.3 is 0 Å². The van der Waals surface area contributed by atoms with E-state index in [2.05, 4.69) is 22.5 Å². The molecule has 4 aromatic rings. The Morgan fingerprint density at radius 1 is 1.11 bits per heavy atom. The number of amides is 1. The Kier molecular flexibility index (Phi) is 7.77. The molecule has 194 valence electrons. The maximum Gasteiger partial charge on any atom is 0.226 e. The summed E-state index contributed by atoms with van der Waals surface area (Å²) in [6, 6.07) is 22.9. The number of aryl methyl sites for hydroxylation is 1. The lowest BCUT2D eigenvalue weighted by molar-refractivity contribution is -0.116. The van der Waals surface area contributed by atoms with Gasteiger partial charge in [-0.25, -0.2) is 0 Å². The second-order valence-electron chi connectivity index (χ2n) is 9.24. The number of nitrogens with zero attached hydrogens (tertiary/aromatic N) is 2. The van der Waals surface area contributed by atoms with Crippen LogP contribution >= 0.6 is 23.8 Å². The number of carbonyl (C=O) groups excluding carboxylic acids is 1. The molecule has 1 saturated heterocycles. The quantitative estimate of drug-likeness (QED) is 0.236. The SMILES string of the molecule is CCc1ccccc1NC(=O)CCN1C(=S)NC(c2ccccn2)C1c1ccc(-c2cccc(Cl)c2C)o1. The van der Waals surface area contributed by atoms with Crippen LogP contribution in [-0.2, 0) is 11.2 Å². The van der Waals surface area contributed by atoms with Crippen LogP contribution in [0.15, 0.2) is 83.4 Å². The minimum Gasteiger partial charge on any atom is -0.459 e. The topological polar surface area (TPSA) is 70.4 Å². The number of hydrogen-bond acceptors (Lipinski definition) is 4. The molecule has 3 heterocycles. The lowest BCUT2D eigenvalue weighted by atomic mass is 10.0. The molecule has 2 unspecified atom stereocenters. The minimum absolute atomic E-state index is 0.0663. The van der Waals surface area contributed by atoms with Gasteiger partial charge in [-0.05, 0) is 73.1 Å². The van der Waals surface area contributed by atoms with E-state index in [9.17, 15) is 4.79 Å². The molecule has 38 heavy (non-hydrogen) atoms. The fourth-order valence-corrected chi connectivity index (χ4v) is 5.38. The van der Waals surface area contributed by atoms with Crippen LogP contribution in [0.25, 0.3) is 11.3 Å². The number of nitrogens with one attached hydrogen (secondary N) is 2. The van der Waals surface area contributed by atoms with Gasteiger partial charge in [0.05, 0.1) is 11.7 Å². The van der Waals surface area contributed by atoms with Crippen molar-refractivity contribution in [3.05, 3.63) is 107 Å². The first-order chi connectivity index (χ1) is 18.5. The van der Waals surface area contributed by atoms with Gasteiger partial charge in [0.15, 0.2) is 5.11 Å². The number of carbonyl (C=O) groups is 1. The Hall–Kier alpha value is -3.68. The molecule has 8 heteroatoms. The summed E-state index contributed by atoms with van der Waals surface area (Å²) in [7, 11) is 0. The smallest absolute Gasteiger partial charge is 0.226 e. The number of rotatable bonds is 8.